The lowest BCUT2D eigenvalue weighted by Gasteiger charge is -2.19. The number of ether oxygens (including phenoxy) is 3. The standard InChI is InChI=1S/C18H29NO3/c1-20-16-12-18(22-3)17(21-2)11-14(16)13-19-15-9-7-5-4-6-8-10-15/h11-12,15,19H,4-10,13H2,1-3H3/p+1. The quantitative estimate of drug-likeness (QED) is 0.879. The van der Waals surface area contributed by atoms with Crippen LogP contribution >= 0.6 is 0 Å². The molecule has 0 amide bonds. The van der Waals surface area contributed by atoms with Crippen LogP contribution in [0.3, 0.4) is 0 Å². The molecule has 1 saturated carbocycles. The maximum Gasteiger partial charge on any atom is 0.164 e. The van der Waals surface area contributed by atoms with E-state index in [0.29, 0.717) is 5.75 Å². The number of methoxy groups -OCH3 is 3. The molecule has 2 N–H and O–H groups in total. The molecule has 1 aromatic carbocycles. The normalized spacial score (nSPS) is 16.7. The van der Waals surface area contributed by atoms with E-state index in [0.717, 1.165) is 24.1 Å². The summed E-state index contributed by atoms with van der Waals surface area (Å²) in [6.07, 6.45) is 9.59. The minimum atomic E-state index is 0.717. The zero-order valence-corrected chi connectivity index (χ0v) is 14.2. The highest BCUT2D eigenvalue weighted by Gasteiger charge is 2.17. The number of hydrogen-bond donors (Lipinski definition) is 1. The molecule has 1 aliphatic carbocycles. The van der Waals surface area contributed by atoms with E-state index in [1.54, 1.807) is 21.3 Å². The van der Waals surface area contributed by atoms with Gasteiger partial charge in [-0.2, -0.15) is 0 Å². The summed E-state index contributed by atoms with van der Waals surface area (Å²) in [4.78, 5) is 0. The fourth-order valence-electron chi connectivity index (χ4n) is 3.27. The molecule has 0 radical (unpaired) electrons. The van der Waals surface area contributed by atoms with E-state index in [-0.39, 0.29) is 0 Å². The molecule has 1 fully saturated rings. The molecule has 4 nitrogen and oxygen atoms in total. The molecule has 1 aromatic rings. The molecule has 0 unspecified atom stereocenters. The van der Waals surface area contributed by atoms with Crippen molar-refractivity contribution in [2.45, 2.75) is 57.5 Å². The molecule has 0 heterocycles. The lowest BCUT2D eigenvalue weighted by atomic mass is 9.96. The van der Waals surface area contributed by atoms with Crippen LogP contribution in [0.15, 0.2) is 12.1 Å². The van der Waals surface area contributed by atoms with Crippen molar-refractivity contribution in [2.24, 2.45) is 0 Å². The van der Waals surface area contributed by atoms with Crippen LogP contribution in [-0.4, -0.2) is 27.4 Å². The van der Waals surface area contributed by atoms with Gasteiger partial charge in [0, 0.05) is 6.07 Å². The summed E-state index contributed by atoms with van der Waals surface area (Å²) in [7, 11) is 5.03. The van der Waals surface area contributed by atoms with Crippen LogP contribution in [0, 0.1) is 0 Å². The Kier molecular flexibility index (Phi) is 6.84. The van der Waals surface area contributed by atoms with Crippen LogP contribution in [0.5, 0.6) is 17.2 Å². The first-order valence-electron chi connectivity index (χ1n) is 8.40. The van der Waals surface area contributed by atoms with Crippen molar-refractivity contribution in [1.82, 2.24) is 0 Å². The van der Waals surface area contributed by atoms with E-state index in [1.165, 1.54) is 50.5 Å². The van der Waals surface area contributed by atoms with Gasteiger partial charge in [0.05, 0.1) is 32.9 Å². The zero-order chi connectivity index (χ0) is 15.8. The van der Waals surface area contributed by atoms with Gasteiger partial charge < -0.3 is 19.5 Å². The predicted molar refractivity (Wildman–Crippen MR) is 87.8 cm³/mol. The summed E-state index contributed by atoms with van der Waals surface area (Å²) >= 11 is 0. The highest BCUT2D eigenvalue weighted by atomic mass is 16.5. The number of rotatable bonds is 6. The lowest BCUT2D eigenvalue weighted by molar-refractivity contribution is -0.706. The Morgan fingerprint density at radius 3 is 1.95 bits per heavy atom. The fraction of sp³-hybridized carbons (Fsp3) is 0.667. The van der Waals surface area contributed by atoms with E-state index in [2.05, 4.69) is 5.32 Å². The summed E-state index contributed by atoms with van der Waals surface area (Å²) in [5.74, 6) is 2.36. The van der Waals surface area contributed by atoms with E-state index in [4.69, 9.17) is 14.2 Å². The maximum absolute atomic E-state index is 5.52. The van der Waals surface area contributed by atoms with Gasteiger partial charge in [0.2, 0.25) is 0 Å². The molecule has 0 atom stereocenters. The van der Waals surface area contributed by atoms with Crippen LogP contribution in [0.4, 0.5) is 0 Å². The Bertz CT molecular complexity index is 454. The molecule has 0 aromatic heterocycles. The molecular formula is C18H30NO3+. The van der Waals surface area contributed by atoms with Gasteiger partial charge in [-0.25, -0.2) is 0 Å². The van der Waals surface area contributed by atoms with Crippen LogP contribution in [0.1, 0.15) is 50.5 Å². The van der Waals surface area contributed by atoms with Gasteiger partial charge in [0.1, 0.15) is 12.3 Å². The van der Waals surface area contributed by atoms with E-state index in [9.17, 15) is 0 Å². The van der Waals surface area contributed by atoms with Crippen molar-refractivity contribution in [3.8, 4) is 17.2 Å². The van der Waals surface area contributed by atoms with Crippen LogP contribution in [-0.2, 0) is 6.54 Å². The van der Waals surface area contributed by atoms with Gasteiger partial charge in [0.15, 0.2) is 11.5 Å². The Morgan fingerprint density at radius 2 is 1.36 bits per heavy atom. The fourth-order valence-corrected chi connectivity index (χ4v) is 3.27. The maximum atomic E-state index is 5.52. The van der Waals surface area contributed by atoms with Crippen molar-refractivity contribution in [3.05, 3.63) is 17.7 Å². The molecule has 0 saturated heterocycles. The first-order chi connectivity index (χ1) is 10.8. The van der Waals surface area contributed by atoms with Gasteiger partial charge in [-0.3, -0.25) is 0 Å². The van der Waals surface area contributed by atoms with Gasteiger partial charge >= 0.3 is 0 Å². The Labute approximate surface area is 134 Å². The van der Waals surface area contributed by atoms with Gasteiger partial charge in [0.25, 0.3) is 0 Å². The number of benzene rings is 1. The average Bonchev–Trinajstić information content (AvgIpc) is 2.53. The average molecular weight is 308 g/mol. The highest BCUT2D eigenvalue weighted by molar-refractivity contribution is 5.50. The van der Waals surface area contributed by atoms with Gasteiger partial charge in [-0.1, -0.05) is 19.3 Å². The monoisotopic (exact) mass is 308 g/mol. The number of quaternary nitrogens is 1. The Balaban J connectivity index is 2.04. The lowest BCUT2D eigenvalue weighted by Crippen LogP contribution is -2.88. The predicted octanol–water partition coefficient (Wildman–Crippen LogP) is 2.89. The second-order valence-corrected chi connectivity index (χ2v) is 6.06. The molecule has 0 aliphatic heterocycles. The molecule has 124 valence electrons. The molecule has 0 spiro atoms. The van der Waals surface area contributed by atoms with Crippen LogP contribution in [0.25, 0.3) is 0 Å². The molecule has 4 heteroatoms. The third-order valence-corrected chi connectivity index (χ3v) is 4.61. The number of hydrogen-bond acceptors (Lipinski definition) is 3. The molecule has 2 rings (SSSR count). The van der Waals surface area contributed by atoms with E-state index < -0.39 is 0 Å². The zero-order valence-electron chi connectivity index (χ0n) is 14.2. The summed E-state index contributed by atoms with van der Waals surface area (Å²) < 4.78 is 16.3. The molecule has 0 bridgehead atoms. The number of nitrogens with two attached hydrogens (primary N) is 1. The first-order valence-corrected chi connectivity index (χ1v) is 8.40. The van der Waals surface area contributed by atoms with E-state index in [1.807, 2.05) is 12.1 Å². The topological polar surface area (TPSA) is 44.3 Å². The third-order valence-electron chi connectivity index (χ3n) is 4.61. The Morgan fingerprint density at radius 1 is 0.818 bits per heavy atom. The van der Waals surface area contributed by atoms with Gasteiger partial charge in [-0.05, 0) is 31.7 Å². The smallest absolute Gasteiger partial charge is 0.164 e. The first kappa shape index (κ1) is 16.9. The van der Waals surface area contributed by atoms with E-state index >= 15 is 0 Å². The minimum Gasteiger partial charge on any atom is -0.496 e. The van der Waals surface area contributed by atoms with Crippen molar-refractivity contribution in [3.63, 3.8) is 0 Å². The van der Waals surface area contributed by atoms with Crippen molar-refractivity contribution < 1.29 is 19.5 Å². The molecular weight excluding hydrogens is 278 g/mol. The third kappa shape index (κ3) is 4.54. The molecule has 22 heavy (non-hydrogen) atoms. The largest absolute Gasteiger partial charge is 0.496 e. The van der Waals surface area contributed by atoms with Gasteiger partial charge in [-0.15, -0.1) is 0 Å². The summed E-state index contributed by atoms with van der Waals surface area (Å²) in [6.45, 7) is 0.925. The second-order valence-electron chi connectivity index (χ2n) is 6.06. The Hall–Kier alpha value is -1.42. The molecule has 1 aliphatic rings. The summed E-state index contributed by atoms with van der Waals surface area (Å²) in [6, 6.07) is 4.69. The highest BCUT2D eigenvalue weighted by Crippen LogP contribution is 2.34. The van der Waals surface area contributed by atoms with Crippen LogP contribution in [0.2, 0.25) is 0 Å². The van der Waals surface area contributed by atoms with Crippen molar-refractivity contribution in [1.29, 1.82) is 0 Å². The second kappa shape index (κ2) is 8.89. The van der Waals surface area contributed by atoms with Crippen molar-refractivity contribution in [2.75, 3.05) is 21.3 Å². The summed E-state index contributed by atoms with van der Waals surface area (Å²) in [5.41, 5.74) is 1.17. The minimum absolute atomic E-state index is 0.717. The van der Waals surface area contributed by atoms with Crippen molar-refractivity contribution >= 4 is 0 Å². The SMILES string of the molecule is COc1cc(OC)c(OC)cc1C[NH2+]C1CCCCCCC1. The summed E-state index contributed by atoms with van der Waals surface area (Å²) in [5, 5.41) is 2.47. The van der Waals surface area contributed by atoms with Crippen LogP contribution < -0.4 is 19.5 Å².